The van der Waals surface area contributed by atoms with Crippen molar-refractivity contribution in [3.05, 3.63) is 23.4 Å². The first-order chi connectivity index (χ1) is 8.87. The SMILES string of the molecule is Cc1cc(CNC(C)C)cnc1N1CCC(C)(C)C1. The predicted molar refractivity (Wildman–Crippen MR) is 81.6 cm³/mol. The normalized spacial score (nSPS) is 18.3. The van der Waals surface area contributed by atoms with Crippen LogP contribution in [0.5, 0.6) is 0 Å². The molecular formula is C16H27N3. The molecule has 1 fully saturated rings. The lowest BCUT2D eigenvalue weighted by Crippen LogP contribution is -2.25. The molecule has 1 saturated heterocycles. The Kier molecular flexibility index (Phi) is 4.14. The van der Waals surface area contributed by atoms with Gasteiger partial charge in [-0.3, -0.25) is 0 Å². The van der Waals surface area contributed by atoms with Crippen LogP contribution in [0.1, 0.15) is 45.2 Å². The number of pyridine rings is 1. The molecule has 19 heavy (non-hydrogen) atoms. The zero-order valence-electron chi connectivity index (χ0n) is 13.0. The second-order valence-corrected chi connectivity index (χ2v) is 6.86. The fourth-order valence-corrected chi connectivity index (χ4v) is 2.67. The summed E-state index contributed by atoms with van der Waals surface area (Å²) in [7, 11) is 0. The molecule has 1 aliphatic rings. The number of hydrogen-bond donors (Lipinski definition) is 1. The molecule has 1 aromatic rings. The van der Waals surface area contributed by atoms with Crippen molar-refractivity contribution >= 4 is 5.82 Å². The summed E-state index contributed by atoms with van der Waals surface area (Å²) in [4.78, 5) is 7.12. The smallest absolute Gasteiger partial charge is 0.131 e. The molecule has 0 radical (unpaired) electrons. The molecule has 0 aromatic carbocycles. The van der Waals surface area contributed by atoms with E-state index in [9.17, 15) is 0 Å². The Morgan fingerprint density at radius 2 is 2.16 bits per heavy atom. The number of aromatic nitrogens is 1. The highest BCUT2D eigenvalue weighted by Gasteiger charge is 2.30. The van der Waals surface area contributed by atoms with Crippen LogP contribution in [0, 0.1) is 12.3 Å². The Balaban J connectivity index is 2.07. The molecule has 106 valence electrons. The molecule has 0 aliphatic carbocycles. The van der Waals surface area contributed by atoms with Gasteiger partial charge < -0.3 is 10.2 Å². The van der Waals surface area contributed by atoms with E-state index in [1.54, 1.807) is 0 Å². The van der Waals surface area contributed by atoms with Gasteiger partial charge in [0.1, 0.15) is 5.82 Å². The van der Waals surface area contributed by atoms with E-state index in [-0.39, 0.29) is 0 Å². The van der Waals surface area contributed by atoms with Gasteiger partial charge in [0.2, 0.25) is 0 Å². The molecule has 0 bridgehead atoms. The van der Waals surface area contributed by atoms with E-state index in [2.05, 4.69) is 55.9 Å². The molecule has 2 rings (SSSR count). The Labute approximate surface area is 117 Å². The lowest BCUT2D eigenvalue weighted by Gasteiger charge is -2.22. The number of aryl methyl sites for hydroxylation is 1. The summed E-state index contributed by atoms with van der Waals surface area (Å²) in [5.74, 6) is 1.17. The van der Waals surface area contributed by atoms with Crippen LogP contribution in [0.15, 0.2) is 12.3 Å². The minimum atomic E-state index is 0.423. The van der Waals surface area contributed by atoms with Gasteiger partial charge in [-0.05, 0) is 36.0 Å². The Morgan fingerprint density at radius 1 is 1.42 bits per heavy atom. The van der Waals surface area contributed by atoms with E-state index in [0.29, 0.717) is 11.5 Å². The average molecular weight is 261 g/mol. The summed E-state index contributed by atoms with van der Waals surface area (Å²) in [5.41, 5.74) is 2.99. The third-order valence-electron chi connectivity index (χ3n) is 3.80. The topological polar surface area (TPSA) is 28.2 Å². The third kappa shape index (κ3) is 3.69. The summed E-state index contributed by atoms with van der Waals surface area (Å²) in [6, 6.07) is 2.78. The third-order valence-corrected chi connectivity index (χ3v) is 3.80. The van der Waals surface area contributed by atoms with Crippen molar-refractivity contribution in [3.63, 3.8) is 0 Å². The zero-order valence-corrected chi connectivity index (χ0v) is 13.0. The van der Waals surface area contributed by atoms with Crippen molar-refractivity contribution in [1.29, 1.82) is 0 Å². The first kappa shape index (κ1) is 14.3. The zero-order chi connectivity index (χ0) is 14.0. The van der Waals surface area contributed by atoms with Crippen molar-refractivity contribution in [2.75, 3.05) is 18.0 Å². The molecular weight excluding hydrogens is 234 g/mol. The van der Waals surface area contributed by atoms with Crippen molar-refractivity contribution in [1.82, 2.24) is 10.3 Å². The standard InChI is InChI=1S/C16H27N3/c1-12(2)17-9-14-8-13(3)15(18-10-14)19-7-6-16(4,5)11-19/h8,10,12,17H,6-7,9,11H2,1-5H3. The minimum Gasteiger partial charge on any atom is -0.356 e. The molecule has 3 nitrogen and oxygen atoms in total. The number of nitrogens with zero attached hydrogens (tertiary/aromatic N) is 2. The summed E-state index contributed by atoms with van der Waals surface area (Å²) in [6.07, 6.45) is 3.27. The predicted octanol–water partition coefficient (Wildman–Crippen LogP) is 3.12. The van der Waals surface area contributed by atoms with Gasteiger partial charge in [-0.25, -0.2) is 4.98 Å². The molecule has 0 atom stereocenters. The molecule has 0 saturated carbocycles. The van der Waals surface area contributed by atoms with Crippen LogP contribution in [0.4, 0.5) is 5.82 Å². The Bertz CT molecular complexity index is 438. The van der Waals surface area contributed by atoms with Crippen LogP contribution in [0.3, 0.4) is 0 Å². The molecule has 1 aromatic heterocycles. The van der Waals surface area contributed by atoms with E-state index in [4.69, 9.17) is 0 Å². The molecule has 2 heterocycles. The summed E-state index contributed by atoms with van der Waals surface area (Å²) < 4.78 is 0. The average Bonchev–Trinajstić information content (AvgIpc) is 2.67. The van der Waals surface area contributed by atoms with Crippen LogP contribution in [0.25, 0.3) is 0 Å². The van der Waals surface area contributed by atoms with Gasteiger partial charge in [0.15, 0.2) is 0 Å². The quantitative estimate of drug-likeness (QED) is 0.902. The van der Waals surface area contributed by atoms with Crippen LogP contribution >= 0.6 is 0 Å². The second-order valence-electron chi connectivity index (χ2n) is 6.86. The molecule has 0 spiro atoms. The highest BCUT2D eigenvalue weighted by molar-refractivity contribution is 5.48. The maximum Gasteiger partial charge on any atom is 0.131 e. The second kappa shape index (κ2) is 5.49. The van der Waals surface area contributed by atoms with Crippen molar-refractivity contribution in [3.8, 4) is 0 Å². The summed E-state index contributed by atoms with van der Waals surface area (Å²) >= 11 is 0. The fraction of sp³-hybridized carbons (Fsp3) is 0.688. The molecule has 1 N–H and O–H groups in total. The van der Waals surface area contributed by atoms with E-state index < -0.39 is 0 Å². The van der Waals surface area contributed by atoms with Crippen molar-refractivity contribution in [2.45, 2.75) is 53.6 Å². The molecule has 3 heteroatoms. The van der Waals surface area contributed by atoms with Gasteiger partial charge in [-0.15, -0.1) is 0 Å². The number of hydrogen-bond acceptors (Lipinski definition) is 3. The fourth-order valence-electron chi connectivity index (χ4n) is 2.67. The van der Waals surface area contributed by atoms with Gasteiger partial charge in [0.05, 0.1) is 0 Å². The highest BCUT2D eigenvalue weighted by atomic mass is 15.2. The number of anilines is 1. The van der Waals surface area contributed by atoms with Crippen LogP contribution in [-0.2, 0) is 6.54 Å². The maximum atomic E-state index is 4.69. The molecule has 1 aliphatic heterocycles. The van der Waals surface area contributed by atoms with Gasteiger partial charge in [0, 0.05) is 31.9 Å². The van der Waals surface area contributed by atoms with Crippen LogP contribution in [0.2, 0.25) is 0 Å². The monoisotopic (exact) mass is 261 g/mol. The Hall–Kier alpha value is -1.09. The van der Waals surface area contributed by atoms with E-state index in [1.165, 1.54) is 23.4 Å². The lowest BCUT2D eigenvalue weighted by molar-refractivity contribution is 0.418. The van der Waals surface area contributed by atoms with Gasteiger partial charge >= 0.3 is 0 Å². The van der Waals surface area contributed by atoms with Gasteiger partial charge in [-0.1, -0.05) is 27.7 Å². The summed E-state index contributed by atoms with van der Waals surface area (Å²) in [5, 5.41) is 3.44. The molecule has 0 unspecified atom stereocenters. The maximum absolute atomic E-state index is 4.69. The number of rotatable bonds is 4. The Morgan fingerprint density at radius 3 is 2.68 bits per heavy atom. The van der Waals surface area contributed by atoms with Crippen molar-refractivity contribution < 1.29 is 0 Å². The van der Waals surface area contributed by atoms with Gasteiger partial charge in [-0.2, -0.15) is 0 Å². The van der Waals surface area contributed by atoms with Crippen LogP contribution < -0.4 is 10.2 Å². The van der Waals surface area contributed by atoms with E-state index in [1.807, 2.05) is 6.20 Å². The highest BCUT2D eigenvalue weighted by Crippen LogP contribution is 2.32. The van der Waals surface area contributed by atoms with Gasteiger partial charge in [0.25, 0.3) is 0 Å². The largest absolute Gasteiger partial charge is 0.356 e. The minimum absolute atomic E-state index is 0.423. The van der Waals surface area contributed by atoms with Crippen LogP contribution in [-0.4, -0.2) is 24.1 Å². The van der Waals surface area contributed by atoms with E-state index in [0.717, 1.165) is 19.6 Å². The van der Waals surface area contributed by atoms with E-state index >= 15 is 0 Å². The summed E-state index contributed by atoms with van der Waals surface area (Å²) in [6.45, 7) is 14.3. The lowest BCUT2D eigenvalue weighted by atomic mass is 9.93. The number of nitrogens with one attached hydrogen (secondary N) is 1. The first-order valence-electron chi connectivity index (χ1n) is 7.31. The first-order valence-corrected chi connectivity index (χ1v) is 7.31. The van der Waals surface area contributed by atoms with Crippen molar-refractivity contribution in [2.24, 2.45) is 5.41 Å². The molecule has 0 amide bonds.